The van der Waals surface area contributed by atoms with Gasteiger partial charge in [-0.15, -0.1) is 0 Å². The van der Waals surface area contributed by atoms with Gasteiger partial charge < -0.3 is 16.4 Å². The summed E-state index contributed by atoms with van der Waals surface area (Å²) in [6.07, 6.45) is 0. The molecule has 6 aromatic rings. The Balaban J connectivity index is 0.000000169. The highest BCUT2D eigenvalue weighted by Crippen LogP contribution is 2.35. The predicted molar refractivity (Wildman–Crippen MR) is 168 cm³/mol. The van der Waals surface area contributed by atoms with E-state index in [0.717, 1.165) is 27.5 Å². The Morgan fingerprint density at radius 3 is 1.69 bits per heavy atom. The van der Waals surface area contributed by atoms with Crippen molar-refractivity contribution in [3.05, 3.63) is 143 Å². The summed E-state index contributed by atoms with van der Waals surface area (Å²) in [6.45, 7) is 0. The Labute approximate surface area is 242 Å². The Kier molecular flexibility index (Phi) is 7.90. The third-order valence-electron chi connectivity index (χ3n) is 6.60. The summed E-state index contributed by atoms with van der Waals surface area (Å²) in [7, 11) is 0. The Morgan fingerprint density at radius 1 is 0.619 bits per heavy atom. The number of benzene rings is 6. The largest absolute Gasteiger partial charge is 0.397 e. The summed E-state index contributed by atoms with van der Waals surface area (Å²) in [5, 5.41) is 39.1. The van der Waals surface area contributed by atoms with Gasteiger partial charge in [0.15, 0.2) is 0 Å². The van der Waals surface area contributed by atoms with E-state index in [0.29, 0.717) is 33.6 Å². The fourth-order valence-electron chi connectivity index (χ4n) is 4.60. The van der Waals surface area contributed by atoms with Crippen molar-refractivity contribution in [2.45, 2.75) is 0 Å². The zero-order chi connectivity index (χ0) is 29.5. The number of nitrogen functional groups attached to an aromatic ring is 1. The third kappa shape index (κ3) is 5.94. The maximum absolute atomic E-state index is 11.5. The van der Waals surface area contributed by atoms with Gasteiger partial charge in [-0.25, -0.2) is 0 Å². The lowest BCUT2D eigenvalue weighted by atomic mass is 10.1. The average molecular weight is 549 g/mol. The molecule has 0 fully saturated rings. The highest BCUT2D eigenvalue weighted by Gasteiger charge is 2.18. The summed E-state index contributed by atoms with van der Waals surface area (Å²) in [5.74, 6) is 0. The predicted octanol–water partition coefficient (Wildman–Crippen LogP) is 8.40. The summed E-state index contributed by atoms with van der Waals surface area (Å²) in [5.41, 5.74) is 10.8. The van der Waals surface area contributed by atoms with E-state index < -0.39 is 4.92 Å². The van der Waals surface area contributed by atoms with Crippen molar-refractivity contribution in [2.75, 3.05) is 16.4 Å². The number of nitrogens with two attached hydrogens (primary N) is 1. The lowest BCUT2D eigenvalue weighted by molar-refractivity contribution is -0.382. The molecule has 6 rings (SSSR count). The second-order valence-electron chi connectivity index (χ2n) is 9.32. The van der Waals surface area contributed by atoms with Gasteiger partial charge in [0, 0.05) is 16.8 Å². The maximum Gasteiger partial charge on any atom is 0.300 e. The number of rotatable bonds is 5. The van der Waals surface area contributed by atoms with E-state index in [-0.39, 0.29) is 5.69 Å². The van der Waals surface area contributed by atoms with Crippen molar-refractivity contribution in [3.8, 4) is 12.1 Å². The molecular formula is C34H24N6O2. The fraction of sp³-hybridized carbons (Fsp3) is 0. The van der Waals surface area contributed by atoms with Crippen LogP contribution in [0.5, 0.6) is 0 Å². The molecule has 0 heterocycles. The van der Waals surface area contributed by atoms with Crippen LogP contribution in [0.25, 0.3) is 21.5 Å². The van der Waals surface area contributed by atoms with Gasteiger partial charge in [0.2, 0.25) is 0 Å². The number of nitriles is 2. The molecule has 8 nitrogen and oxygen atoms in total. The standard InChI is InChI=1S/C17H11N3O2.C17H13N3/c18-11-12-4-3-6-14(10-12)19-16-9-8-13-5-1-2-7-15(13)17(16)20(21)22;18-11-12-4-3-6-14(10-12)20-16-9-8-13-5-1-2-7-15(13)17(16)19/h1-10,19H;1-10,20H,19H2. The first kappa shape index (κ1) is 27.2. The molecule has 0 unspecified atom stereocenters. The zero-order valence-electron chi connectivity index (χ0n) is 22.3. The van der Waals surface area contributed by atoms with Crippen LogP contribution in [0.1, 0.15) is 11.1 Å². The summed E-state index contributed by atoms with van der Waals surface area (Å²) >= 11 is 0. The number of nitrogens with zero attached hydrogens (tertiary/aromatic N) is 3. The lowest BCUT2D eigenvalue weighted by Gasteiger charge is -2.12. The molecule has 0 radical (unpaired) electrons. The lowest BCUT2D eigenvalue weighted by Crippen LogP contribution is -1.98. The van der Waals surface area contributed by atoms with Crippen molar-refractivity contribution < 1.29 is 4.92 Å². The summed E-state index contributed by atoms with van der Waals surface area (Å²) < 4.78 is 0. The highest BCUT2D eigenvalue weighted by molar-refractivity contribution is 6.00. The molecule has 8 heteroatoms. The van der Waals surface area contributed by atoms with Crippen LogP contribution in [-0.4, -0.2) is 4.92 Å². The Bertz CT molecular complexity index is 2020. The minimum Gasteiger partial charge on any atom is -0.397 e. The smallest absolute Gasteiger partial charge is 0.300 e. The first-order valence-corrected chi connectivity index (χ1v) is 12.9. The zero-order valence-corrected chi connectivity index (χ0v) is 22.3. The Morgan fingerprint density at radius 2 is 1.12 bits per heavy atom. The molecule has 0 saturated carbocycles. The van der Waals surface area contributed by atoms with Crippen LogP contribution in [0.15, 0.2) is 121 Å². The van der Waals surface area contributed by atoms with Crippen molar-refractivity contribution in [2.24, 2.45) is 0 Å². The van der Waals surface area contributed by atoms with E-state index in [2.05, 4.69) is 16.7 Å². The molecule has 42 heavy (non-hydrogen) atoms. The molecule has 0 aromatic heterocycles. The molecule has 0 amide bonds. The van der Waals surface area contributed by atoms with Crippen LogP contribution in [0, 0.1) is 32.8 Å². The summed E-state index contributed by atoms with van der Waals surface area (Å²) in [4.78, 5) is 11.1. The molecule has 0 saturated heterocycles. The van der Waals surface area contributed by atoms with Gasteiger partial charge in [-0.2, -0.15) is 10.5 Å². The number of nitro groups is 1. The van der Waals surface area contributed by atoms with E-state index in [4.69, 9.17) is 16.3 Å². The van der Waals surface area contributed by atoms with Gasteiger partial charge in [0.25, 0.3) is 5.69 Å². The van der Waals surface area contributed by atoms with Crippen molar-refractivity contribution in [1.29, 1.82) is 10.5 Å². The summed E-state index contributed by atoms with van der Waals surface area (Å²) in [6, 6.07) is 41.0. The van der Waals surface area contributed by atoms with Crippen LogP contribution < -0.4 is 16.4 Å². The van der Waals surface area contributed by atoms with Gasteiger partial charge in [-0.3, -0.25) is 10.1 Å². The van der Waals surface area contributed by atoms with E-state index in [1.807, 2.05) is 72.8 Å². The molecular weight excluding hydrogens is 524 g/mol. The maximum atomic E-state index is 11.5. The monoisotopic (exact) mass is 548 g/mol. The van der Waals surface area contributed by atoms with Crippen LogP contribution in [0.3, 0.4) is 0 Å². The van der Waals surface area contributed by atoms with Crippen molar-refractivity contribution in [1.82, 2.24) is 0 Å². The van der Waals surface area contributed by atoms with Gasteiger partial charge in [-0.05, 0) is 65.4 Å². The number of fused-ring (bicyclic) bond motifs is 2. The van der Waals surface area contributed by atoms with Gasteiger partial charge >= 0.3 is 0 Å². The molecule has 0 spiro atoms. The first-order chi connectivity index (χ1) is 20.5. The molecule has 0 aliphatic heterocycles. The molecule has 0 bridgehead atoms. The third-order valence-corrected chi connectivity index (χ3v) is 6.60. The molecule has 6 aromatic carbocycles. The second kappa shape index (κ2) is 12.2. The average Bonchev–Trinajstić information content (AvgIpc) is 3.03. The first-order valence-electron chi connectivity index (χ1n) is 12.9. The van der Waals surface area contributed by atoms with Gasteiger partial charge in [0.1, 0.15) is 5.69 Å². The fourth-order valence-corrected chi connectivity index (χ4v) is 4.60. The quantitative estimate of drug-likeness (QED) is 0.112. The number of anilines is 5. The van der Waals surface area contributed by atoms with E-state index in [9.17, 15) is 10.1 Å². The normalized spacial score (nSPS) is 10.1. The molecule has 0 aliphatic rings. The number of hydrogen-bond acceptors (Lipinski definition) is 7. The van der Waals surface area contributed by atoms with Crippen LogP contribution in [0.2, 0.25) is 0 Å². The Hall–Kier alpha value is -6.38. The minimum absolute atomic E-state index is 0.0282. The number of hydrogen-bond donors (Lipinski definition) is 3. The molecule has 202 valence electrons. The minimum atomic E-state index is -0.390. The van der Waals surface area contributed by atoms with Crippen molar-refractivity contribution >= 4 is 55.7 Å². The van der Waals surface area contributed by atoms with Crippen molar-refractivity contribution in [3.63, 3.8) is 0 Å². The SMILES string of the molecule is N#Cc1cccc(Nc2ccc3ccccc3c2N)c1.N#Cc1cccc(Nc2ccc3ccccc3c2[N+](=O)[O-])c1. The van der Waals surface area contributed by atoms with Gasteiger partial charge in [0.05, 0.1) is 44.9 Å². The topological polar surface area (TPSA) is 141 Å². The molecule has 0 atom stereocenters. The molecule has 0 aliphatic carbocycles. The van der Waals surface area contributed by atoms with Crippen LogP contribution in [-0.2, 0) is 0 Å². The van der Waals surface area contributed by atoms with E-state index in [1.54, 1.807) is 54.6 Å². The van der Waals surface area contributed by atoms with Gasteiger partial charge in [-0.1, -0.05) is 66.7 Å². The second-order valence-corrected chi connectivity index (χ2v) is 9.32. The van der Waals surface area contributed by atoms with E-state index >= 15 is 0 Å². The number of nitro benzene ring substituents is 1. The van der Waals surface area contributed by atoms with E-state index in [1.165, 1.54) is 0 Å². The van der Waals surface area contributed by atoms with Crippen LogP contribution >= 0.6 is 0 Å². The number of nitrogens with one attached hydrogen (secondary N) is 2. The van der Waals surface area contributed by atoms with Crippen LogP contribution in [0.4, 0.5) is 34.1 Å². The highest BCUT2D eigenvalue weighted by atomic mass is 16.6. The molecule has 4 N–H and O–H groups in total.